The maximum absolute atomic E-state index is 12.8. The van der Waals surface area contributed by atoms with E-state index in [2.05, 4.69) is 5.32 Å². The van der Waals surface area contributed by atoms with Crippen LogP contribution in [-0.4, -0.2) is 36.4 Å². The maximum atomic E-state index is 12.8. The van der Waals surface area contributed by atoms with Crippen molar-refractivity contribution in [1.82, 2.24) is 0 Å². The van der Waals surface area contributed by atoms with Crippen molar-refractivity contribution >= 4 is 29.3 Å². The smallest absolute Gasteiger partial charge is 0.390 e. The van der Waals surface area contributed by atoms with Crippen LogP contribution >= 0.6 is 11.8 Å². The zero-order chi connectivity index (χ0) is 16.3. The van der Waals surface area contributed by atoms with E-state index in [9.17, 15) is 9.59 Å². The highest BCUT2D eigenvalue weighted by Crippen LogP contribution is 2.40. The minimum atomic E-state index is -1.28. The van der Waals surface area contributed by atoms with Gasteiger partial charge in [-0.15, -0.1) is 0 Å². The van der Waals surface area contributed by atoms with Crippen molar-refractivity contribution in [3.8, 4) is 0 Å². The molecule has 1 aromatic carbocycles. The maximum Gasteiger partial charge on any atom is 0.390 e. The highest BCUT2D eigenvalue weighted by molar-refractivity contribution is 8.02. The van der Waals surface area contributed by atoms with Crippen LogP contribution in [0, 0.1) is 6.92 Å². The van der Waals surface area contributed by atoms with Crippen LogP contribution in [0.4, 0.5) is 5.69 Å². The van der Waals surface area contributed by atoms with Gasteiger partial charge in [0.1, 0.15) is 0 Å². The summed E-state index contributed by atoms with van der Waals surface area (Å²) in [4.78, 5) is 26.0. The molecule has 0 spiro atoms. The van der Waals surface area contributed by atoms with Crippen LogP contribution < -0.4 is 10.2 Å². The molecule has 0 saturated heterocycles. The number of likely N-dealkylation sites (N-methyl/N-ethyl adjacent to an activating group) is 1. The molecule has 1 aromatic rings. The number of benzene rings is 1. The molecule has 22 heavy (non-hydrogen) atoms. The van der Waals surface area contributed by atoms with Crippen molar-refractivity contribution in [3.63, 3.8) is 0 Å². The summed E-state index contributed by atoms with van der Waals surface area (Å²) in [6.45, 7) is 9.28. The van der Waals surface area contributed by atoms with Gasteiger partial charge >= 0.3 is 16.7 Å². The molecule has 2 N–H and O–H groups in total. The highest BCUT2D eigenvalue weighted by Gasteiger charge is 2.59. The molecule has 0 aliphatic carbocycles. The van der Waals surface area contributed by atoms with Gasteiger partial charge < -0.3 is 15.0 Å². The number of quaternary nitrogens is 1. The fourth-order valence-electron chi connectivity index (χ4n) is 2.73. The Morgan fingerprint density at radius 1 is 1.32 bits per heavy atom. The normalized spacial score (nSPS) is 20.5. The van der Waals surface area contributed by atoms with E-state index in [-0.39, 0.29) is 12.5 Å². The zero-order valence-corrected chi connectivity index (χ0v) is 14.3. The molecule has 0 bridgehead atoms. The van der Waals surface area contributed by atoms with Crippen molar-refractivity contribution in [1.29, 1.82) is 0 Å². The lowest BCUT2D eigenvalue weighted by Gasteiger charge is -2.38. The number of nitrogens with one attached hydrogen (secondary N) is 2. The van der Waals surface area contributed by atoms with Crippen molar-refractivity contribution < 1.29 is 19.2 Å². The molecular weight excluding hydrogens is 300 g/mol. The molecule has 1 aliphatic heterocycles. The minimum Gasteiger partial charge on any atom is -0.460 e. The van der Waals surface area contributed by atoms with Crippen molar-refractivity contribution in [2.75, 3.05) is 25.0 Å². The lowest BCUT2D eigenvalue weighted by Crippen LogP contribution is -3.22. The van der Waals surface area contributed by atoms with E-state index in [0.717, 1.165) is 21.0 Å². The number of esters is 1. The Balaban J connectivity index is 2.53. The van der Waals surface area contributed by atoms with Crippen LogP contribution in [-0.2, 0) is 14.3 Å². The first kappa shape index (κ1) is 16.8. The molecule has 0 aromatic heterocycles. The molecule has 1 aliphatic rings. The lowest BCUT2D eigenvalue weighted by molar-refractivity contribution is -0.913. The third kappa shape index (κ3) is 2.73. The molecular formula is C16H23N2O3S+. The second kappa shape index (κ2) is 6.71. The number of amides is 1. The van der Waals surface area contributed by atoms with Gasteiger partial charge in [-0.05, 0) is 57.2 Å². The highest BCUT2D eigenvalue weighted by atomic mass is 32.2. The van der Waals surface area contributed by atoms with Gasteiger partial charge in [0.25, 0.3) is 0 Å². The summed E-state index contributed by atoms with van der Waals surface area (Å²) in [5.74, 6) is -0.769. The Labute approximate surface area is 135 Å². The van der Waals surface area contributed by atoms with Crippen LogP contribution in [0.5, 0.6) is 0 Å². The van der Waals surface area contributed by atoms with E-state index in [1.807, 2.05) is 39.0 Å². The molecule has 0 saturated carbocycles. The molecule has 6 heteroatoms. The Hall–Kier alpha value is -1.53. The van der Waals surface area contributed by atoms with E-state index in [1.54, 1.807) is 6.92 Å². The number of hydrogen-bond donors (Lipinski definition) is 2. The molecule has 2 rings (SSSR count). The van der Waals surface area contributed by atoms with Crippen LogP contribution in [0.15, 0.2) is 23.1 Å². The van der Waals surface area contributed by atoms with Crippen molar-refractivity contribution in [3.05, 3.63) is 23.8 Å². The van der Waals surface area contributed by atoms with Crippen molar-refractivity contribution in [2.24, 2.45) is 0 Å². The molecule has 0 radical (unpaired) electrons. The fourth-order valence-corrected chi connectivity index (χ4v) is 4.25. The molecule has 1 amide bonds. The van der Waals surface area contributed by atoms with Gasteiger partial charge in [-0.25, -0.2) is 4.79 Å². The lowest BCUT2D eigenvalue weighted by atomic mass is 10.1. The molecule has 5 nitrogen and oxygen atoms in total. The van der Waals surface area contributed by atoms with Crippen LogP contribution in [0.25, 0.3) is 0 Å². The number of hydrogen-bond acceptors (Lipinski definition) is 4. The first-order valence-electron chi connectivity index (χ1n) is 7.63. The topological polar surface area (TPSA) is 59.8 Å². The third-order valence-electron chi connectivity index (χ3n) is 3.88. The fraction of sp³-hybridized carbons (Fsp3) is 0.500. The monoisotopic (exact) mass is 323 g/mol. The SMILES string of the molecule is CCOC(=O)[C@]1([NH+](CC)CC)Sc2cc(C)ccc2NC1=O. The first-order valence-corrected chi connectivity index (χ1v) is 8.44. The van der Waals surface area contributed by atoms with Gasteiger partial charge in [-0.1, -0.05) is 6.07 Å². The number of aryl methyl sites for hydroxylation is 1. The summed E-state index contributed by atoms with van der Waals surface area (Å²) < 4.78 is 5.24. The van der Waals surface area contributed by atoms with E-state index in [4.69, 9.17) is 4.74 Å². The third-order valence-corrected chi connectivity index (χ3v) is 5.39. The molecule has 0 fully saturated rings. The van der Waals surface area contributed by atoms with E-state index < -0.39 is 10.8 Å². The Morgan fingerprint density at radius 2 is 2.00 bits per heavy atom. The molecule has 1 atom stereocenters. The minimum absolute atomic E-state index is 0.260. The van der Waals surface area contributed by atoms with Crippen LogP contribution in [0.1, 0.15) is 26.3 Å². The Kier molecular flexibility index (Phi) is 5.13. The van der Waals surface area contributed by atoms with Crippen LogP contribution in [0.2, 0.25) is 0 Å². The van der Waals surface area contributed by atoms with Gasteiger partial charge in [0, 0.05) is 4.90 Å². The second-order valence-corrected chi connectivity index (χ2v) is 6.52. The van der Waals surface area contributed by atoms with E-state index in [1.165, 1.54) is 11.8 Å². The largest absolute Gasteiger partial charge is 0.460 e. The summed E-state index contributed by atoms with van der Waals surface area (Å²) in [6, 6.07) is 5.82. The summed E-state index contributed by atoms with van der Waals surface area (Å²) >= 11 is 1.31. The second-order valence-electron chi connectivity index (χ2n) is 5.27. The number of anilines is 1. The van der Waals surface area contributed by atoms with Crippen molar-refractivity contribution in [2.45, 2.75) is 37.5 Å². The quantitative estimate of drug-likeness (QED) is 0.632. The summed E-state index contributed by atoms with van der Waals surface area (Å²) in [6.07, 6.45) is 0. The summed E-state index contributed by atoms with van der Waals surface area (Å²) in [5.41, 5.74) is 1.85. The predicted octanol–water partition coefficient (Wildman–Crippen LogP) is 1.22. The van der Waals surface area contributed by atoms with Gasteiger partial charge in [0.2, 0.25) is 0 Å². The summed E-state index contributed by atoms with van der Waals surface area (Å²) in [5, 5.41) is 2.89. The average Bonchev–Trinajstić information content (AvgIpc) is 2.49. The first-order chi connectivity index (χ1) is 10.5. The number of carbonyl (C=O) groups is 2. The van der Waals surface area contributed by atoms with Gasteiger partial charge in [-0.3, -0.25) is 4.79 Å². The van der Waals surface area contributed by atoms with Gasteiger partial charge in [0.15, 0.2) is 0 Å². The standard InChI is InChI=1S/C16H22N2O3S/c1-5-18(6-2)16(15(20)21-7-3)14(19)17-12-9-8-11(4)10-13(12)22-16/h8-10H,5-7H2,1-4H3,(H,17,19)/p+1/t16-/m1/s1. The van der Waals surface area contributed by atoms with E-state index >= 15 is 0 Å². The number of carbonyl (C=O) groups excluding carboxylic acids is 2. The van der Waals surface area contributed by atoms with Gasteiger partial charge in [0.05, 0.1) is 25.4 Å². The predicted molar refractivity (Wildman–Crippen MR) is 87.1 cm³/mol. The van der Waals surface area contributed by atoms with E-state index in [0.29, 0.717) is 13.1 Å². The Morgan fingerprint density at radius 3 is 2.59 bits per heavy atom. The number of thioether (sulfide) groups is 1. The zero-order valence-electron chi connectivity index (χ0n) is 13.5. The molecule has 0 unspecified atom stereocenters. The summed E-state index contributed by atoms with van der Waals surface area (Å²) in [7, 11) is 0. The number of rotatable bonds is 5. The van der Waals surface area contributed by atoms with Crippen LogP contribution in [0.3, 0.4) is 0 Å². The average molecular weight is 323 g/mol. The Bertz CT molecular complexity index is 587. The number of ether oxygens (including phenoxy) is 1. The van der Waals surface area contributed by atoms with Gasteiger partial charge in [-0.2, -0.15) is 0 Å². The molecule has 120 valence electrons. The number of fused-ring (bicyclic) bond motifs is 1. The molecule has 1 heterocycles.